The number of hydrogen-bond donors (Lipinski definition) is 2. The van der Waals surface area contributed by atoms with Gasteiger partial charge in [0, 0.05) is 19.2 Å². The molecule has 1 unspecified atom stereocenters. The van der Waals surface area contributed by atoms with Crippen molar-refractivity contribution < 1.29 is 4.74 Å². The average Bonchev–Trinajstić information content (AvgIpc) is 2.32. The SMILES string of the molecule is NCC1(NC2CCCCC2)CCCOC1. The van der Waals surface area contributed by atoms with Gasteiger partial charge >= 0.3 is 0 Å². The first-order valence-electron chi connectivity index (χ1n) is 6.40. The van der Waals surface area contributed by atoms with Gasteiger partial charge in [0.2, 0.25) is 0 Å². The number of hydrogen-bond acceptors (Lipinski definition) is 3. The molecule has 0 spiro atoms. The summed E-state index contributed by atoms with van der Waals surface area (Å²) < 4.78 is 5.58. The van der Waals surface area contributed by atoms with Crippen molar-refractivity contribution in [2.75, 3.05) is 19.8 Å². The maximum atomic E-state index is 5.91. The Hall–Kier alpha value is -0.120. The molecule has 88 valence electrons. The summed E-state index contributed by atoms with van der Waals surface area (Å²) in [6, 6.07) is 0.684. The zero-order valence-electron chi connectivity index (χ0n) is 9.63. The van der Waals surface area contributed by atoms with Crippen LogP contribution in [0.4, 0.5) is 0 Å². The van der Waals surface area contributed by atoms with E-state index in [0.29, 0.717) is 12.6 Å². The molecule has 0 aromatic carbocycles. The van der Waals surface area contributed by atoms with Gasteiger partial charge in [0.1, 0.15) is 0 Å². The summed E-state index contributed by atoms with van der Waals surface area (Å²) in [4.78, 5) is 0. The highest BCUT2D eigenvalue weighted by molar-refractivity contribution is 4.94. The Bertz CT molecular complexity index is 184. The quantitative estimate of drug-likeness (QED) is 0.743. The van der Waals surface area contributed by atoms with Crippen molar-refractivity contribution in [3.63, 3.8) is 0 Å². The standard InChI is InChI=1S/C12H24N2O/c13-9-12(7-4-8-15-10-12)14-11-5-2-1-3-6-11/h11,14H,1-10,13H2. The third-order valence-corrected chi connectivity index (χ3v) is 3.83. The lowest BCUT2D eigenvalue weighted by Gasteiger charge is -2.41. The van der Waals surface area contributed by atoms with Crippen LogP contribution in [0.2, 0.25) is 0 Å². The minimum Gasteiger partial charge on any atom is -0.379 e. The second kappa shape index (κ2) is 5.28. The zero-order valence-corrected chi connectivity index (χ0v) is 9.63. The fourth-order valence-corrected chi connectivity index (χ4v) is 2.87. The van der Waals surface area contributed by atoms with Crippen molar-refractivity contribution in [1.82, 2.24) is 5.32 Å². The number of rotatable bonds is 3. The summed E-state index contributed by atoms with van der Waals surface area (Å²) in [5, 5.41) is 3.77. The maximum Gasteiger partial charge on any atom is 0.0660 e. The first-order valence-corrected chi connectivity index (χ1v) is 6.40. The molecule has 2 rings (SSSR count). The second-order valence-electron chi connectivity index (χ2n) is 5.12. The van der Waals surface area contributed by atoms with E-state index in [2.05, 4.69) is 5.32 Å². The average molecular weight is 212 g/mol. The molecule has 1 saturated heterocycles. The molecule has 0 amide bonds. The molecule has 0 aromatic rings. The lowest BCUT2D eigenvalue weighted by Crippen LogP contribution is -2.60. The first-order chi connectivity index (χ1) is 7.35. The molecule has 1 heterocycles. The van der Waals surface area contributed by atoms with E-state index in [0.717, 1.165) is 19.6 Å². The summed E-state index contributed by atoms with van der Waals surface area (Å²) in [7, 11) is 0. The van der Waals surface area contributed by atoms with E-state index < -0.39 is 0 Å². The van der Waals surface area contributed by atoms with E-state index in [1.54, 1.807) is 0 Å². The molecule has 1 saturated carbocycles. The third-order valence-electron chi connectivity index (χ3n) is 3.83. The van der Waals surface area contributed by atoms with E-state index in [9.17, 15) is 0 Å². The molecular formula is C12H24N2O. The number of ether oxygens (including phenoxy) is 1. The van der Waals surface area contributed by atoms with Gasteiger partial charge in [0.05, 0.1) is 12.1 Å². The van der Waals surface area contributed by atoms with Crippen LogP contribution >= 0.6 is 0 Å². The summed E-state index contributed by atoms with van der Waals surface area (Å²) in [6.45, 7) is 2.43. The lowest BCUT2D eigenvalue weighted by molar-refractivity contribution is 0.0162. The van der Waals surface area contributed by atoms with Gasteiger partial charge in [0.25, 0.3) is 0 Å². The van der Waals surface area contributed by atoms with Gasteiger partial charge in [-0.2, -0.15) is 0 Å². The molecule has 1 aliphatic carbocycles. The summed E-state index contributed by atoms with van der Waals surface area (Å²) in [5.41, 5.74) is 6.00. The molecule has 2 fully saturated rings. The fourth-order valence-electron chi connectivity index (χ4n) is 2.87. The van der Waals surface area contributed by atoms with Gasteiger partial charge in [-0.25, -0.2) is 0 Å². The van der Waals surface area contributed by atoms with Crippen molar-refractivity contribution >= 4 is 0 Å². The van der Waals surface area contributed by atoms with E-state index in [-0.39, 0.29) is 5.54 Å². The van der Waals surface area contributed by atoms with E-state index in [1.165, 1.54) is 38.5 Å². The molecule has 0 radical (unpaired) electrons. The molecule has 1 aliphatic heterocycles. The smallest absolute Gasteiger partial charge is 0.0660 e. The van der Waals surface area contributed by atoms with Gasteiger partial charge in [0.15, 0.2) is 0 Å². The van der Waals surface area contributed by atoms with Gasteiger partial charge in [-0.15, -0.1) is 0 Å². The van der Waals surface area contributed by atoms with E-state index in [1.807, 2.05) is 0 Å². The normalized spacial score (nSPS) is 34.2. The molecule has 0 bridgehead atoms. The van der Waals surface area contributed by atoms with Crippen molar-refractivity contribution in [2.24, 2.45) is 5.73 Å². The van der Waals surface area contributed by atoms with Crippen LogP contribution < -0.4 is 11.1 Å². The van der Waals surface area contributed by atoms with Crippen LogP contribution in [0, 0.1) is 0 Å². The predicted octanol–water partition coefficient (Wildman–Crippen LogP) is 1.42. The Labute approximate surface area is 92.7 Å². The van der Waals surface area contributed by atoms with Crippen LogP contribution in [0.3, 0.4) is 0 Å². The van der Waals surface area contributed by atoms with Gasteiger partial charge in [-0.3, -0.25) is 0 Å². The molecular weight excluding hydrogens is 188 g/mol. The predicted molar refractivity (Wildman–Crippen MR) is 61.8 cm³/mol. The van der Waals surface area contributed by atoms with Crippen molar-refractivity contribution in [3.8, 4) is 0 Å². The highest BCUT2D eigenvalue weighted by Gasteiger charge is 2.33. The molecule has 15 heavy (non-hydrogen) atoms. The number of nitrogens with one attached hydrogen (secondary N) is 1. The first kappa shape index (κ1) is 11.4. The van der Waals surface area contributed by atoms with Crippen LogP contribution in [0.25, 0.3) is 0 Å². The van der Waals surface area contributed by atoms with Crippen molar-refractivity contribution in [1.29, 1.82) is 0 Å². The summed E-state index contributed by atoms with van der Waals surface area (Å²) in [6.07, 6.45) is 9.13. The third kappa shape index (κ3) is 2.92. The number of nitrogens with two attached hydrogens (primary N) is 1. The molecule has 1 atom stereocenters. The highest BCUT2D eigenvalue weighted by Crippen LogP contribution is 2.24. The Balaban J connectivity index is 1.87. The minimum atomic E-state index is 0.0836. The Morgan fingerprint density at radius 1 is 1.20 bits per heavy atom. The summed E-state index contributed by atoms with van der Waals surface area (Å²) in [5.74, 6) is 0. The minimum absolute atomic E-state index is 0.0836. The monoisotopic (exact) mass is 212 g/mol. The molecule has 2 aliphatic rings. The summed E-state index contributed by atoms with van der Waals surface area (Å²) >= 11 is 0. The van der Waals surface area contributed by atoms with Crippen LogP contribution in [-0.2, 0) is 4.74 Å². The second-order valence-corrected chi connectivity index (χ2v) is 5.12. The van der Waals surface area contributed by atoms with E-state index in [4.69, 9.17) is 10.5 Å². The Kier molecular flexibility index (Phi) is 4.00. The molecule has 3 heteroatoms. The van der Waals surface area contributed by atoms with Gasteiger partial charge in [-0.05, 0) is 25.7 Å². The van der Waals surface area contributed by atoms with Crippen molar-refractivity contribution in [3.05, 3.63) is 0 Å². The highest BCUT2D eigenvalue weighted by atomic mass is 16.5. The Morgan fingerprint density at radius 2 is 2.00 bits per heavy atom. The fraction of sp³-hybridized carbons (Fsp3) is 1.00. The van der Waals surface area contributed by atoms with Crippen LogP contribution in [-0.4, -0.2) is 31.3 Å². The molecule has 3 nitrogen and oxygen atoms in total. The largest absolute Gasteiger partial charge is 0.379 e. The maximum absolute atomic E-state index is 5.91. The molecule has 3 N–H and O–H groups in total. The lowest BCUT2D eigenvalue weighted by atomic mass is 9.88. The topological polar surface area (TPSA) is 47.3 Å². The Morgan fingerprint density at radius 3 is 2.60 bits per heavy atom. The van der Waals surface area contributed by atoms with Gasteiger partial charge < -0.3 is 15.8 Å². The van der Waals surface area contributed by atoms with E-state index >= 15 is 0 Å². The van der Waals surface area contributed by atoms with Crippen LogP contribution in [0.1, 0.15) is 44.9 Å². The molecule has 0 aromatic heterocycles. The zero-order chi connectivity index (χ0) is 10.6. The van der Waals surface area contributed by atoms with Crippen LogP contribution in [0.15, 0.2) is 0 Å². The van der Waals surface area contributed by atoms with Crippen LogP contribution in [0.5, 0.6) is 0 Å². The van der Waals surface area contributed by atoms with Crippen molar-refractivity contribution in [2.45, 2.75) is 56.5 Å². The van der Waals surface area contributed by atoms with Gasteiger partial charge in [-0.1, -0.05) is 19.3 Å².